The van der Waals surface area contributed by atoms with Crippen LogP contribution >= 0.6 is 0 Å². The van der Waals surface area contributed by atoms with Gasteiger partial charge in [0.15, 0.2) is 0 Å². The smallest absolute Gasteiger partial charge is 0.411 e. The predicted molar refractivity (Wildman–Crippen MR) is 85.1 cm³/mol. The molecule has 0 bridgehead atoms. The van der Waals surface area contributed by atoms with Crippen molar-refractivity contribution < 1.29 is 18.3 Å². The Hall–Kier alpha value is -2.87. The van der Waals surface area contributed by atoms with Gasteiger partial charge in [-0.3, -0.25) is 5.32 Å². The third-order valence-corrected chi connectivity index (χ3v) is 5.02. The number of carboxylic acid groups (broad SMARTS) is 1. The van der Waals surface area contributed by atoms with E-state index in [4.69, 9.17) is 5.11 Å². The molecule has 23 heavy (non-hydrogen) atoms. The predicted octanol–water partition coefficient (Wildman–Crippen LogP) is 2.67. The molecule has 0 spiro atoms. The lowest BCUT2D eigenvalue weighted by atomic mass is 10.2. The van der Waals surface area contributed by atoms with Crippen molar-refractivity contribution in [1.29, 1.82) is 0 Å². The van der Waals surface area contributed by atoms with Crippen molar-refractivity contribution in [2.75, 3.05) is 5.32 Å². The first-order valence-corrected chi connectivity index (χ1v) is 8.13. The molecular weight excluding hydrogens is 318 g/mol. The highest BCUT2D eigenvalue weighted by molar-refractivity contribution is 7.90. The summed E-state index contributed by atoms with van der Waals surface area (Å²) in [6, 6.07) is 12.9. The van der Waals surface area contributed by atoms with Gasteiger partial charge in [-0.1, -0.05) is 29.8 Å². The fraction of sp³-hybridized carbons (Fsp3) is 0.0667. The fourth-order valence-electron chi connectivity index (χ4n) is 2.24. The van der Waals surface area contributed by atoms with Crippen molar-refractivity contribution in [3.05, 3.63) is 54.1 Å². The number of benzene rings is 2. The van der Waals surface area contributed by atoms with Gasteiger partial charge in [0.2, 0.25) is 5.95 Å². The van der Waals surface area contributed by atoms with Gasteiger partial charge in [0.05, 0.1) is 15.9 Å². The molecule has 0 aliphatic rings. The molecule has 0 saturated carbocycles. The van der Waals surface area contributed by atoms with Gasteiger partial charge < -0.3 is 5.11 Å². The Morgan fingerprint density at radius 2 is 1.78 bits per heavy atom. The first kappa shape index (κ1) is 15.0. The Bertz CT molecular complexity index is 991. The Morgan fingerprint density at radius 1 is 1.13 bits per heavy atom. The van der Waals surface area contributed by atoms with Gasteiger partial charge in [0, 0.05) is 0 Å². The summed E-state index contributed by atoms with van der Waals surface area (Å²) in [6.45, 7) is 1.85. The van der Waals surface area contributed by atoms with Gasteiger partial charge in [-0.15, -0.1) is 0 Å². The first-order chi connectivity index (χ1) is 10.9. The van der Waals surface area contributed by atoms with E-state index in [1.54, 1.807) is 36.4 Å². The maximum absolute atomic E-state index is 12.9. The highest BCUT2D eigenvalue weighted by atomic mass is 32.2. The van der Waals surface area contributed by atoms with Crippen molar-refractivity contribution in [1.82, 2.24) is 8.96 Å². The topological polar surface area (TPSA) is 101 Å². The Balaban J connectivity index is 2.28. The van der Waals surface area contributed by atoms with Crippen LogP contribution in [0.15, 0.2) is 53.4 Å². The minimum atomic E-state index is -3.99. The zero-order valence-corrected chi connectivity index (χ0v) is 12.9. The summed E-state index contributed by atoms with van der Waals surface area (Å²) < 4.78 is 26.7. The zero-order chi connectivity index (χ0) is 16.6. The van der Waals surface area contributed by atoms with E-state index in [1.807, 2.05) is 12.2 Å². The number of anilines is 1. The minimum absolute atomic E-state index is 0.0553. The van der Waals surface area contributed by atoms with E-state index < -0.39 is 16.1 Å². The van der Waals surface area contributed by atoms with Crippen LogP contribution in [0.4, 0.5) is 10.7 Å². The van der Waals surface area contributed by atoms with Gasteiger partial charge in [0.1, 0.15) is 0 Å². The van der Waals surface area contributed by atoms with Crippen LogP contribution in [-0.2, 0) is 10.0 Å². The number of hydrogen-bond donors (Lipinski definition) is 2. The number of fused-ring (bicyclic) bond motifs is 1. The van der Waals surface area contributed by atoms with E-state index in [1.165, 1.54) is 12.1 Å². The number of imidazole rings is 1. The Labute approximate surface area is 132 Å². The molecule has 8 heteroatoms. The van der Waals surface area contributed by atoms with Gasteiger partial charge in [-0.05, 0) is 31.2 Å². The highest BCUT2D eigenvalue weighted by Crippen LogP contribution is 2.26. The molecule has 0 aliphatic heterocycles. The number of nitrogens with zero attached hydrogens (tertiary/aromatic N) is 2. The highest BCUT2D eigenvalue weighted by Gasteiger charge is 2.25. The van der Waals surface area contributed by atoms with Crippen LogP contribution < -0.4 is 5.32 Å². The van der Waals surface area contributed by atoms with Crippen LogP contribution in [0.1, 0.15) is 5.56 Å². The number of rotatable bonds is 3. The van der Waals surface area contributed by atoms with Crippen molar-refractivity contribution in [2.45, 2.75) is 11.8 Å². The maximum atomic E-state index is 12.9. The van der Waals surface area contributed by atoms with Crippen LogP contribution in [0.3, 0.4) is 0 Å². The Morgan fingerprint density at radius 3 is 2.43 bits per heavy atom. The van der Waals surface area contributed by atoms with Crippen LogP contribution in [0, 0.1) is 6.92 Å². The number of amides is 1. The molecule has 3 rings (SSSR count). The summed E-state index contributed by atoms with van der Waals surface area (Å²) in [4.78, 5) is 15.1. The van der Waals surface area contributed by atoms with E-state index >= 15 is 0 Å². The van der Waals surface area contributed by atoms with Gasteiger partial charge >= 0.3 is 6.09 Å². The molecule has 2 aromatic carbocycles. The molecule has 0 fully saturated rings. The number of aromatic nitrogens is 2. The number of nitrogens with one attached hydrogen (secondary N) is 1. The lowest BCUT2D eigenvalue weighted by molar-refractivity contribution is 0.209. The van der Waals surface area contributed by atoms with Crippen LogP contribution in [0.25, 0.3) is 11.0 Å². The molecule has 118 valence electrons. The number of hydrogen-bond acceptors (Lipinski definition) is 4. The maximum Gasteiger partial charge on any atom is 0.411 e. The van der Waals surface area contributed by atoms with Crippen molar-refractivity contribution in [3.8, 4) is 0 Å². The van der Waals surface area contributed by atoms with Crippen LogP contribution in [0.5, 0.6) is 0 Å². The van der Waals surface area contributed by atoms with E-state index in [-0.39, 0.29) is 10.8 Å². The van der Waals surface area contributed by atoms with E-state index in [0.717, 1.165) is 9.54 Å². The molecule has 1 aromatic heterocycles. The third kappa shape index (κ3) is 2.64. The van der Waals surface area contributed by atoms with Gasteiger partial charge in [-0.25, -0.2) is 22.2 Å². The summed E-state index contributed by atoms with van der Waals surface area (Å²) in [5.41, 5.74) is 1.60. The van der Waals surface area contributed by atoms with E-state index in [0.29, 0.717) is 11.0 Å². The molecule has 0 atom stereocenters. The molecule has 0 unspecified atom stereocenters. The summed E-state index contributed by atoms with van der Waals surface area (Å²) in [5.74, 6) is -0.265. The SMILES string of the molecule is Cc1ccc(S(=O)(=O)n2c(NC(=O)O)nc3ccccc32)cc1. The molecule has 0 saturated heterocycles. The fourth-order valence-corrected chi connectivity index (χ4v) is 3.66. The second-order valence-corrected chi connectivity index (χ2v) is 6.72. The molecule has 2 N–H and O–H groups in total. The standard InChI is InChI=1S/C15H13N3O4S/c1-10-6-8-11(9-7-10)23(21,22)18-13-5-3-2-4-12(13)16-14(18)17-15(19)20/h2-9H,1H3,(H,16,17)(H,19,20). The monoisotopic (exact) mass is 331 g/mol. The summed E-state index contributed by atoms with van der Waals surface area (Å²) in [5, 5.41) is 11.0. The summed E-state index contributed by atoms with van der Waals surface area (Å²) in [7, 11) is -3.99. The largest absolute Gasteiger partial charge is 0.465 e. The molecule has 7 nitrogen and oxygen atoms in total. The molecular formula is C15H13N3O4S. The lowest BCUT2D eigenvalue weighted by Gasteiger charge is -2.10. The van der Waals surface area contributed by atoms with Crippen LogP contribution in [-0.4, -0.2) is 28.6 Å². The van der Waals surface area contributed by atoms with Crippen molar-refractivity contribution >= 4 is 33.1 Å². The molecule has 1 heterocycles. The molecule has 0 aliphatic carbocycles. The van der Waals surface area contributed by atoms with Gasteiger partial charge in [-0.2, -0.15) is 0 Å². The van der Waals surface area contributed by atoms with Crippen LogP contribution in [0.2, 0.25) is 0 Å². The van der Waals surface area contributed by atoms with Crippen molar-refractivity contribution in [2.24, 2.45) is 0 Å². The van der Waals surface area contributed by atoms with E-state index in [9.17, 15) is 13.2 Å². The normalized spacial score (nSPS) is 11.5. The minimum Gasteiger partial charge on any atom is -0.465 e. The number of para-hydroxylation sites is 2. The van der Waals surface area contributed by atoms with Gasteiger partial charge in [0.25, 0.3) is 10.0 Å². The first-order valence-electron chi connectivity index (χ1n) is 6.69. The molecule has 3 aromatic rings. The second kappa shape index (κ2) is 5.40. The van der Waals surface area contributed by atoms with Crippen molar-refractivity contribution in [3.63, 3.8) is 0 Å². The second-order valence-electron chi connectivity index (χ2n) is 4.94. The molecule has 1 amide bonds. The zero-order valence-electron chi connectivity index (χ0n) is 12.1. The summed E-state index contributed by atoms with van der Waals surface area (Å²) >= 11 is 0. The summed E-state index contributed by atoms with van der Waals surface area (Å²) in [6.07, 6.45) is -1.39. The average Bonchev–Trinajstić information content (AvgIpc) is 2.85. The number of aryl methyl sites for hydroxylation is 1. The lowest BCUT2D eigenvalue weighted by Crippen LogP contribution is -2.19. The Kier molecular flexibility index (Phi) is 3.53. The quantitative estimate of drug-likeness (QED) is 0.768. The van der Waals surface area contributed by atoms with E-state index in [2.05, 4.69) is 4.98 Å². The average molecular weight is 331 g/mol. The number of carbonyl (C=O) groups is 1. The molecule has 0 radical (unpaired) electrons. The third-order valence-electron chi connectivity index (χ3n) is 3.30.